The highest BCUT2D eigenvalue weighted by atomic mass is 14.6. The Morgan fingerprint density at radius 3 is 0.725 bits per heavy atom. The Hall–Kier alpha value is 0. The van der Waals surface area contributed by atoms with Crippen molar-refractivity contribution in [3.63, 3.8) is 0 Å². The van der Waals surface area contributed by atoms with E-state index in [1.54, 1.807) is 141 Å². The van der Waals surface area contributed by atoms with Crippen LogP contribution in [0.15, 0.2) is 0 Å². The highest BCUT2D eigenvalue weighted by molar-refractivity contribution is 5.06. The molecular formula is C40H62. The zero-order valence-corrected chi connectivity index (χ0v) is 25.9. The molecule has 0 aromatic carbocycles. The zero-order chi connectivity index (χ0) is 25.9. The highest BCUT2D eigenvalue weighted by Gasteiger charge is 2.57. The molecule has 10 rings (SSSR count). The minimum absolute atomic E-state index is 1.15. The molecule has 18 unspecified atom stereocenters. The normalized spacial score (nSPS) is 61.8. The Morgan fingerprint density at radius 2 is 0.375 bits per heavy atom. The molecule has 0 aromatic heterocycles. The summed E-state index contributed by atoms with van der Waals surface area (Å²) in [6, 6.07) is 0. The van der Waals surface area contributed by atoms with Crippen LogP contribution in [0.4, 0.5) is 0 Å². The van der Waals surface area contributed by atoms with Gasteiger partial charge in [0, 0.05) is 0 Å². The van der Waals surface area contributed by atoms with E-state index in [1.807, 2.05) is 0 Å². The van der Waals surface area contributed by atoms with Gasteiger partial charge < -0.3 is 0 Å². The fourth-order valence-electron chi connectivity index (χ4n) is 16.6. The first-order valence-corrected chi connectivity index (χ1v) is 19.7. The molecular weight excluding hydrogens is 480 g/mol. The van der Waals surface area contributed by atoms with Crippen molar-refractivity contribution < 1.29 is 0 Å². The van der Waals surface area contributed by atoms with Crippen molar-refractivity contribution in [2.45, 2.75) is 141 Å². The molecule has 18 atom stereocenters. The van der Waals surface area contributed by atoms with Crippen LogP contribution in [0.25, 0.3) is 0 Å². The van der Waals surface area contributed by atoms with Crippen LogP contribution < -0.4 is 0 Å². The van der Waals surface area contributed by atoms with Crippen molar-refractivity contribution in [1.82, 2.24) is 0 Å². The van der Waals surface area contributed by atoms with Gasteiger partial charge in [0.05, 0.1) is 0 Å². The lowest BCUT2D eigenvalue weighted by Crippen LogP contribution is -2.45. The van der Waals surface area contributed by atoms with E-state index in [4.69, 9.17) is 0 Å². The van der Waals surface area contributed by atoms with Crippen molar-refractivity contribution >= 4 is 0 Å². The van der Waals surface area contributed by atoms with E-state index in [9.17, 15) is 0 Å². The highest BCUT2D eigenvalue weighted by Crippen LogP contribution is 2.66. The van der Waals surface area contributed by atoms with E-state index < -0.39 is 0 Å². The van der Waals surface area contributed by atoms with E-state index in [0.717, 1.165) is 82.9 Å². The number of hydrogen-bond acceptors (Lipinski definition) is 0. The summed E-state index contributed by atoms with van der Waals surface area (Å²) in [5.74, 6) is 20.8. The van der Waals surface area contributed by atoms with Crippen LogP contribution in [0.1, 0.15) is 141 Å². The first-order chi connectivity index (χ1) is 19.7. The van der Waals surface area contributed by atoms with Crippen molar-refractivity contribution in [3.8, 4) is 0 Å². The van der Waals surface area contributed by atoms with Gasteiger partial charge in [-0.2, -0.15) is 0 Å². The second-order valence-electron chi connectivity index (χ2n) is 19.2. The summed E-state index contributed by atoms with van der Waals surface area (Å²) >= 11 is 0. The van der Waals surface area contributed by atoms with Gasteiger partial charge in [-0.1, -0.05) is 51.4 Å². The van der Waals surface area contributed by atoms with E-state index >= 15 is 0 Å². The smallest absolute Gasteiger partial charge is 0.0352 e. The molecule has 0 spiro atoms. The summed E-state index contributed by atoms with van der Waals surface area (Å²) in [6.45, 7) is 0. The predicted octanol–water partition coefficient (Wildman–Crippen LogP) is 10.8. The van der Waals surface area contributed by atoms with Gasteiger partial charge in [-0.3, -0.25) is 0 Å². The van der Waals surface area contributed by atoms with Crippen molar-refractivity contribution in [2.24, 2.45) is 107 Å². The monoisotopic (exact) mass is 542 g/mol. The van der Waals surface area contributed by atoms with Gasteiger partial charge in [-0.25, -0.2) is 0 Å². The first-order valence-electron chi connectivity index (χ1n) is 19.7. The average molecular weight is 543 g/mol. The fraction of sp³-hybridized carbons (Fsp3) is 1.00. The van der Waals surface area contributed by atoms with Crippen LogP contribution in [0.3, 0.4) is 0 Å². The molecule has 10 aliphatic carbocycles. The fourth-order valence-corrected chi connectivity index (χ4v) is 16.6. The van der Waals surface area contributed by atoms with Gasteiger partial charge in [0.2, 0.25) is 0 Å². The van der Waals surface area contributed by atoms with Crippen LogP contribution in [0, 0.1) is 107 Å². The maximum absolute atomic E-state index is 1.70. The Bertz CT molecular complexity index is 874. The standard InChI is InChI=1S/C40H62/c1-3-7-25-19-37-33(9-23(25)5-1)17-35-15-29-11-27-14-32-22-40-36(16-30(32)12-28(27)13-31(29)21-39(35)37)18-34-10-24-6-2-4-8-26(24)20-38(34)40/h23-40H,1-22H2. The molecule has 0 heterocycles. The molecule has 222 valence electrons. The molecule has 40 heavy (non-hydrogen) atoms. The quantitative estimate of drug-likeness (QED) is 0.285. The molecule has 0 heteroatoms. The Balaban J connectivity index is 0.815. The lowest BCUT2D eigenvalue weighted by Gasteiger charge is -2.55. The van der Waals surface area contributed by atoms with Gasteiger partial charge in [0.15, 0.2) is 0 Å². The number of rotatable bonds is 0. The van der Waals surface area contributed by atoms with Crippen LogP contribution >= 0.6 is 0 Å². The van der Waals surface area contributed by atoms with Gasteiger partial charge in [-0.15, -0.1) is 0 Å². The Morgan fingerprint density at radius 1 is 0.175 bits per heavy atom. The van der Waals surface area contributed by atoms with Crippen LogP contribution in [-0.4, -0.2) is 0 Å². The average Bonchev–Trinajstić information content (AvgIpc) is 3.50. The number of hydrogen-bond donors (Lipinski definition) is 0. The van der Waals surface area contributed by atoms with Gasteiger partial charge in [-0.05, 0) is 196 Å². The third kappa shape index (κ3) is 4.00. The molecule has 0 bridgehead atoms. The maximum atomic E-state index is 1.70. The zero-order valence-electron chi connectivity index (χ0n) is 25.9. The van der Waals surface area contributed by atoms with Crippen molar-refractivity contribution in [2.75, 3.05) is 0 Å². The van der Waals surface area contributed by atoms with Gasteiger partial charge >= 0.3 is 0 Å². The molecule has 0 nitrogen and oxygen atoms in total. The van der Waals surface area contributed by atoms with Crippen LogP contribution in [0.5, 0.6) is 0 Å². The maximum Gasteiger partial charge on any atom is -0.0352 e. The predicted molar refractivity (Wildman–Crippen MR) is 164 cm³/mol. The second-order valence-corrected chi connectivity index (χ2v) is 19.2. The first kappa shape index (κ1) is 25.3. The molecule has 0 aromatic rings. The Labute approximate surface area is 247 Å². The largest absolute Gasteiger partial charge is 0.0530 e. The van der Waals surface area contributed by atoms with Gasteiger partial charge in [0.25, 0.3) is 0 Å². The minimum Gasteiger partial charge on any atom is -0.0530 e. The summed E-state index contributed by atoms with van der Waals surface area (Å²) in [6.07, 6.45) is 36.2. The SMILES string of the molecule is C1CCC2CC3C(CC2C1)CC1CC2CC4CC5CC6C(CC5CC4CC2CC13)CC1CC2CCCCC2CC16. The summed E-state index contributed by atoms with van der Waals surface area (Å²) in [5, 5.41) is 0. The summed E-state index contributed by atoms with van der Waals surface area (Å²) in [4.78, 5) is 0. The van der Waals surface area contributed by atoms with E-state index in [0.29, 0.717) is 0 Å². The number of fused-ring (bicyclic) bond motifs is 11. The molecule has 0 aliphatic heterocycles. The molecule has 10 aliphatic rings. The van der Waals surface area contributed by atoms with Crippen molar-refractivity contribution in [3.05, 3.63) is 0 Å². The molecule has 10 saturated carbocycles. The van der Waals surface area contributed by atoms with Crippen LogP contribution in [-0.2, 0) is 0 Å². The summed E-state index contributed by atoms with van der Waals surface area (Å²) in [7, 11) is 0. The Kier molecular flexibility index (Phi) is 6.18. The topological polar surface area (TPSA) is 0 Å². The van der Waals surface area contributed by atoms with E-state index in [-0.39, 0.29) is 0 Å². The second kappa shape index (κ2) is 9.75. The molecule has 0 amide bonds. The summed E-state index contributed by atoms with van der Waals surface area (Å²) in [5.41, 5.74) is 0. The van der Waals surface area contributed by atoms with Crippen LogP contribution in [0.2, 0.25) is 0 Å². The summed E-state index contributed by atoms with van der Waals surface area (Å²) < 4.78 is 0. The minimum atomic E-state index is 1.15. The molecule has 0 N–H and O–H groups in total. The third-order valence-corrected chi connectivity index (χ3v) is 18.0. The molecule has 10 fully saturated rings. The third-order valence-electron chi connectivity index (χ3n) is 18.0. The lowest BCUT2D eigenvalue weighted by molar-refractivity contribution is -0.0463. The molecule has 0 saturated heterocycles. The lowest BCUT2D eigenvalue weighted by atomic mass is 9.51. The van der Waals surface area contributed by atoms with E-state index in [2.05, 4.69) is 0 Å². The van der Waals surface area contributed by atoms with Crippen molar-refractivity contribution in [1.29, 1.82) is 0 Å². The van der Waals surface area contributed by atoms with Gasteiger partial charge in [0.1, 0.15) is 0 Å². The molecule has 0 radical (unpaired) electrons. The van der Waals surface area contributed by atoms with E-state index in [1.165, 1.54) is 23.7 Å².